The standard InChI is InChI=1S/C24H27BrN4O4S/c1-15-13-18(25)9-12-20(15)33-14-21(30)27-24(34)29-28-23(32)17-7-10-19(11-8-17)26-22(31)16-5-3-2-4-6-16/h7-13,16H,2-6,14H2,1H3,(H,26,31)(H,28,32)(H2,27,29,30,34). The van der Waals surface area contributed by atoms with Crippen LogP contribution in [0.15, 0.2) is 46.9 Å². The lowest BCUT2D eigenvalue weighted by molar-refractivity contribution is -0.122. The quantitative estimate of drug-likeness (QED) is 0.322. The zero-order valence-electron chi connectivity index (χ0n) is 18.8. The molecule has 1 aliphatic rings. The highest BCUT2D eigenvalue weighted by Gasteiger charge is 2.21. The first kappa shape index (κ1) is 25.6. The molecule has 0 radical (unpaired) electrons. The van der Waals surface area contributed by atoms with E-state index in [1.54, 1.807) is 30.3 Å². The number of benzene rings is 2. The molecule has 3 rings (SSSR count). The Morgan fingerprint density at radius 3 is 2.41 bits per heavy atom. The minimum Gasteiger partial charge on any atom is -0.483 e. The summed E-state index contributed by atoms with van der Waals surface area (Å²) < 4.78 is 6.41. The number of halogens is 1. The third-order valence-electron chi connectivity index (χ3n) is 5.43. The van der Waals surface area contributed by atoms with Crippen molar-refractivity contribution in [2.45, 2.75) is 39.0 Å². The number of ether oxygens (including phenoxy) is 1. The van der Waals surface area contributed by atoms with Crippen molar-refractivity contribution >= 4 is 56.7 Å². The summed E-state index contributed by atoms with van der Waals surface area (Å²) >= 11 is 8.41. The molecule has 1 fully saturated rings. The van der Waals surface area contributed by atoms with Crippen LogP contribution < -0.4 is 26.2 Å². The molecule has 1 aliphatic carbocycles. The third-order valence-corrected chi connectivity index (χ3v) is 6.13. The summed E-state index contributed by atoms with van der Waals surface area (Å²) in [5.41, 5.74) is 6.81. The maximum atomic E-state index is 12.3. The molecular weight excluding hydrogens is 520 g/mol. The van der Waals surface area contributed by atoms with Crippen molar-refractivity contribution in [1.29, 1.82) is 0 Å². The molecule has 3 amide bonds. The molecule has 4 N–H and O–H groups in total. The number of hydrogen-bond donors (Lipinski definition) is 4. The van der Waals surface area contributed by atoms with Gasteiger partial charge in [-0.15, -0.1) is 0 Å². The average molecular weight is 547 g/mol. The summed E-state index contributed by atoms with van der Waals surface area (Å²) in [6.07, 6.45) is 5.21. The van der Waals surface area contributed by atoms with E-state index in [9.17, 15) is 14.4 Å². The molecule has 10 heteroatoms. The zero-order chi connectivity index (χ0) is 24.5. The Kier molecular flexibility index (Phi) is 9.41. The van der Waals surface area contributed by atoms with Crippen LogP contribution in [0.4, 0.5) is 5.69 Å². The van der Waals surface area contributed by atoms with Gasteiger partial charge in [-0.25, -0.2) is 0 Å². The lowest BCUT2D eigenvalue weighted by Crippen LogP contribution is -2.49. The van der Waals surface area contributed by atoms with Gasteiger partial charge in [0.15, 0.2) is 11.7 Å². The molecule has 0 bridgehead atoms. The predicted molar refractivity (Wildman–Crippen MR) is 137 cm³/mol. The summed E-state index contributed by atoms with van der Waals surface area (Å²) in [6.45, 7) is 1.64. The van der Waals surface area contributed by atoms with E-state index >= 15 is 0 Å². The smallest absolute Gasteiger partial charge is 0.269 e. The topological polar surface area (TPSA) is 109 Å². The fraction of sp³-hybridized carbons (Fsp3) is 0.333. The Bertz CT molecular complexity index is 1060. The summed E-state index contributed by atoms with van der Waals surface area (Å²) in [7, 11) is 0. The normalized spacial score (nSPS) is 13.5. The molecule has 2 aromatic carbocycles. The third kappa shape index (κ3) is 7.81. The van der Waals surface area contributed by atoms with E-state index < -0.39 is 11.8 Å². The summed E-state index contributed by atoms with van der Waals surface area (Å²) in [4.78, 5) is 36.7. The fourth-order valence-corrected chi connectivity index (χ4v) is 4.25. The highest BCUT2D eigenvalue weighted by molar-refractivity contribution is 9.10. The van der Waals surface area contributed by atoms with E-state index in [2.05, 4.69) is 37.4 Å². The fourth-order valence-electron chi connectivity index (χ4n) is 3.61. The van der Waals surface area contributed by atoms with Crippen LogP contribution in [0.3, 0.4) is 0 Å². The first-order valence-electron chi connectivity index (χ1n) is 11.0. The molecule has 0 aromatic heterocycles. The number of carbonyl (C=O) groups excluding carboxylic acids is 3. The second-order valence-corrected chi connectivity index (χ2v) is 9.38. The molecule has 0 heterocycles. The Morgan fingerprint density at radius 1 is 1.03 bits per heavy atom. The summed E-state index contributed by atoms with van der Waals surface area (Å²) in [6, 6.07) is 12.0. The van der Waals surface area contributed by atoms with Gasteiger partial charge in [-0.2, -0.15) is 0 Å². The van der Waals surface area contributed by atoms with Gasteiger partial charge in [-0.05, 0) is 80.0 Å². The van der Waals surface area contributed by atoms with Gasteiger partial charge in [0.1, 0.15) is 5.75 Å². The van der Waals surface area contributed by atoms with Crippen LogP contribution in [0.2, 0.25) is 0 Å². The van der Waals surface area contributed by atoms with Crippen molar-refractivity contribution in [1.82, 2.24) is 16.2 Å². The second kappa shape index (κ2) is 12.5. The number of hydrazine groups is 1. The van der Waals surface area contributed by atoms with Crippen molar-refractivity contribution in [2.75, 3.05) is 11.9 Å². The van der Waals surface area contributed by atoms with Gasteiger partial charge in [0.05, 0.1) is 0 Å². The number of rotatable bonds is 6. The lowest BCUT2D eigenvalue weighted by atomic mass is 9.88. The van der Waals surface area contributed by atoms with Crippen molar-refractivity contribution in [2.24, 2.45) is 5.92 Å². The Labute approximate surface area is 212 Å². The minimum absolute atomic E-state index is 0.0268. The molecule has 1 saturated carbocycles. The number of anilines is 1. The van der Waals surface area contributed by atoms with Crippen LogP contribution in [0.25, 0.3) is 0 Å². The zero-order valence-corrected chi connectivity index (χ0v) is 21.2. The molecule has 0 spiro atoms. The molecule has 34 heavy (non-hydrogen) atoms. The monoisotopic (exact) mass is 546 g/mol. The van der Waals surface area contributed by atoms with E-state index in [4.69, 9.17) is 17.0 Å². The Hall–Kier alpha value is -2.98. The maximum Gasteiger partial charge on any atom is 0.269 e. The van der Waals surface area contributed by atoms with E-state index in [0.717, 1.165) is 35.7 Å². The molecule has 180 valence electrons. The average Bonchev–Trinajstić information content (AvgIpc) is 2.83. The van der Waals surface area contributed by atoms with Gasteiger partial charge < -0.3 is 10.1 Å². The molecule has 2 aromatic rings. The van der Waals surface area contributed by atoms with Gasteiger partial charge in [-0.1, -0.05) is 35.2 Å². The second-order valence-electron chi connectivity index (χ2n) is 8.06. The first-order chi connectivity index (χ1) is 16.3. The van der Waals surface area contributed by atoms with Crippen LogP contribution in [0, 0.1) is 12.8 Å². The van der Waals surface area contributed by atoms with Crippen molar-refractivity contribution in [3.63, 3.8) is 0 Å². The van der Waals surface area contributed by atoms with Gasteiger partial charge in [0, 0.05) is 21.6 Å². The predicted octanol–water partition coefficient (Wildman–Crippen LogP) is 3.99. The maximum absolute atomic E-state index is 12.3. The van der Waals surface area contributed by atoms with Gasteiger partial charge in [0.25, 0.3) is 11.8 Å². The SMILES string of the molecule is Cc1cc(Br)ccc1OCC(=O)NC(=S)NNC(=O)c1ccc(NC(=O)C2CCCCC2)cc1. The number of aryl methyl sites for hydroxylation is 1. The Morgan fingerprint density at radius 2 is 1.74 bits per heavy atom. The minimum atomic E-state index is -0.466. The van der Waals surface area contributed by atoms with Crippen LogP contribution in [0.5, 0.6) is 5.75 Å². The van der Waals surface area contributed by atoms with Gasteiger partial charge >= 0.3 is 0 Å². The molecule has 0 unspecified atom stereocenters. The number of hydrogen-bond acceptors (Lipinski definition) is 5. The van der Waals surface area contributed by atoms with E-state index in [-0.39, 0.29) is 23.5 Å². The molecule has 0 saturated heterocycles. The van der Waals surface area contributed by atoms with Crippen LogP contribution in [-0.2, 0) is 9.59 Å². The van der Waals surface area contributed by atoms with E-state index in [1.807, 2.05) is 19.1 Å². The van der Waals surface area contributed by atoms with Crippen molar-refractivity contribution in [3.05, 3.63) is 58.1 Å². The van der Waals surface area contributed by atoms with Gasteiger partial charge in [-0.3, -0.25) is 30.6 Å². The number of thiocarbonyl (C=S) groups is 1. The van der Waals surface area contributed by atoms with Crippen LogP contribution in [-0.4, -0.2) is 29.4 Å². The molecular formula is C24H27BrN4O4S. The van der Waals surface area contributed by atoms with Gasteiger partial charge in [0.2, 0.25) is 5.91 Å². The highest BCUT2D eigenvalue weighted by atomic mass is 79.9. The highest BCUT2D eigenvalue weighted by Crippen LogP contribution is 2.25. The largest absolute Gasteiger partial charge is 0.483 e. The number of amides is 3. The molecule has 0 aliphatic heterocycles. The summed E-state index contributed by atoms with van der Waals surface area (Å²) in [5.74, 6) is -0.236. The number of carbonyl (C=O) groups is 3. The first-order valence-corrected chi connectivity index (χ1v) is 12.2. The lowest BCUT2D eigenvalue weighted by Gasteiger charge is -2.20. The van der Waals surface area contributed by atoms with Crippen molar-refractivity contribution < 1.29 is 19.1 Å². The van der Waals surface area contributed by atoms with Crippen molar-refractivity contribution in [3.8, 4) is 5.75 Å². The molecule has 0 atom stereocenters. The molecule has 8 nitrogen and oxygen atoms in total. The summed E-state index contributed by atoms with van der Waals surface area (Å²) in [5, 5.41) is 5.28. The van der Waals surface area contributed by atoms with E-state index in [0.29, 0.717) is 17.0 Å². The van der Waals surface area contributed by atoms with Crippen LogP contribution >= 0.6 is 28.1 Å². The van der Waals surface area contributed by atoms with E-state index in [1.165, 1.54) is 6.42 Å². The number of nitrogens with one attached hydrogen (secondary N) is 4. The Balaban J connectivity index is 1.39. The van der Waals surface area contributed by atoms with Crippen LogP contribution in [0.1, 0.15) is 48.0 Å².